The van der Waals surface area contributed by atoms with E-state index in [2.05, 4.69) is 10.2 Å². The lowest BCUT2D eigenvalue weighted by molar-refractivity contribution is -0.121. The fourth-order valence-corrected chi connectivity index (χ4v) is 5.14. The molecule has 0 radical (unpaired) electrons. The van der Waals surface area contributed by atoms with Gasteiger partial charge in [-0.25, -0.2) is 8.42 Å². The Morgan fingerprint density at radius 2 is 1.95 bits per heavy atom. The Balaban J connectivity index is 1.60. The highest BCUT2D eigenvalue weighted by Crippen LogP contribution is 2.25. The van der Waals surface area contributed by atoms with E-state index in [0.717, 1.165) is 25.1 Å². The lowest BCUT2D eigenvalue weighted by Crippen LogP contribution is -2.46. The van der Waals surface area contributed by atoms with E-state index in [4.69, 9.17) is 0 Å². The van der Waals surface area contributed by atoms with Crippen LogP contribution in [0.3, 0.4) is 0 Å². The average Bonchev–Trinajstić information content (AvgIpc) is 2.89. The van der Waals surface area contributed by atoms with Crippen molar-refractivity contribution in [3.8, 4) is 0 Å². The van der Waals surface area contributed by atoms with Crippen LogP contribution in [-0.2, 0) is 14.6 Å². The molecule has 5 nitrogen and oxygen atoms in total. The van der Waals surface area contributed by atoms with E-state index in [1.165, 1.54) is 0 Å². The molecule has 2 fully saturated rings. The Morgan fingerprint density at radius 1 is 1.18 bits per heavy atom. The van der Waals surface area contributed by atoms with Crippen LogP contribution >= 0.6 is 0 Å². The molecule has 0 saturated carbocycles. The second kappa shape index (κ2) is 6.38. The summed E-state index contributed by atoms with van der Waals surface area (Å²) in [5, 5.41) is 2.96. The smallest absolute Gasteiger partial charge is 0.228 e. The third-order valence-electron chi connectivity index (χ3n) is 4.59. The van der Waals surface area contributed by atoms with E-state index in [9.17, 15) is 13.2 Å². The Labute approximate surface area is 131 Å². The summed E-state index contributed by atoms with van der Waals surface area (Å²) >= 11 is 0. The van der Waals surface area contributed by atoms with Gasteiger partial charge in [0.05, 0.1) is 17.4 Å². The molecular weight excluding hydrogens is 300 g/mol. The third kappa shape index (κ3) is 3.67. The highest BCUT2D eigenvalue weighted by molar-refractivity contribution is 7.91. The fraction of sp³-hybridized carbons (Fsp3) is 0.562. The van der Waals surface area contributed by atoms with Crippen LogP contribution in [0.4, 0.5) is 5.69 Å². The number of hydrogen-bond acceptors (Lipinski definition) is 4. The van der Waals surface area contributed by atoms with Gasteiger partial charge in [-0.05, 0) is 37.9 Å². The molecule has 120 valence electrons. The molecule has 3 rings (SSSR count). The van der Waals surface area contributed by atoms with E-state index >= 15 is 0 Å². The van der Waals surface area contributed by atoms with E-state index in [1.807, 2.05) is 30.3 Å². The topological polar surface area (TPSA) is 66.5 Å². The SMILES string of the molecule is O=C(Nc1ccccc1)C1CCCN(C2CCS(=O)(=O)C2)C1. The number of anilines is 1. The van der Waals surface area contributed by atoms with Crippen LogP contribution in [0.2, 0.25) is 0 Å². The fourth-order valence-electron chi connectivity index (χ4n) is 3.38. The van der Waals surface area contributed by atoms with Crippen molar-refractivity contribution < 1.29 is 13.2 Å². The number of benzene rings is 1. The summed E-state index contributed by atoms with van der Waals surface area (Å²) in [6, 6.07) is 9.55. The van der Waals surface area contributed by atoms with Crippen LogP contribution in [0.5, 0.6) is 0 Å². The Kier molecular flexibility index (Phi) is 4.49. The maximum atomic E-state index is 12.4. The van der Waals surface area contributed by atoms with E-state index < -0.39 is 9.84 Å². The van der Waals surface area contributed by atoms with Crippen LogP contribution < -0.4 is 5.32 Å². The van der Waals surface area contributed by atoms with Crippen molar-refractivity contribution in [2.24, 2.45) is 5.92 Å². The minimum absolute atomic E-state index is 0.0387. The van der Waals surface area contributed by atoms with Gasteiger partial charge in [0.15, 0.2) is 9.84 Å². The molecule has 0 aromatic heterocycles. The summed E-state index contributed by atoms with van der Waals surface area (Å²) in [5.74, 6) is 0.517. The average molecular weight is 322 g/mol. The molecule has 1 N–H and O–H groups in total. The van der Waals surface area contributed by atoms with Crippen molar-refractivity contribution in [1.82, 2.24) is 4.90 Å². The van der Waals surface area contributed by atoms with Crippen molar-refractivity contribution in [2.45, 2.75) is 25.3 Å². The maximum absolute atomic E-state index is 12.4. The molecule has 1 aromatic rings. The lowest BCUT2D eigenvalue weighted by atomic mass is 9.95. The molecule has 2 aliphatic heterocycles. The molecule has 2 unspecified atom stereocenters. The maximum Gasteiger partial charge on any atom is 0.228 e. The van der Waals surface area contributed by atoms with Crippen molar-refractivity contribution >= 4 is 21.4 Å². The second-order valence-electron chi connectivity index (χ2n) is 6.25. The Hall–Kier alpha value is -1.40. The first-order chi connectivity index (χ1) is 10.5. The number of nitrogens with one attached hydrogen (secondary N) is 1. The Bertz CT molecular complexity index is 630. The zero-order valence-electron chi connectivity index (χ0n) is 12.6. The predicted octanol–water partition coefficient (Wildman–Crippen LogP) is 1.52. The van der Waals surface area contributed by atoms with Gasteiger partial charge >= 0.3 is 0 Å². The highest BCUT2D eigenvalue weighted by Gasteiger charge is 2.36. The van der Waals surface area contributed by atoms with Gasteiger partial charge in [-0.3, -0.25) is 9.69 Å². The number of rotatable bonds is 3. The van der Waals surface area contributed by atoms with Gasteiger partial charge in [-0.1, -0.05) is 18.2 Å². The van der Waals surface area contributed by atoms with Gasteiger partial charge in [-0.15, -0.1) is 0 Å². The standard InChI is InChI=1S/C16H22N2O3S/c19-16(17-14-6-2-1-3-7-14)13-5-4-9-18(11-13)15-8-10-22(20,21)12-15/h1-3,6-7,13,15H,4-5,8-12H2,(H,17,19). The van der Waals surface area contributed by atoms with Gasteiger partial charge in [0.25, 0.3) is 0 Å². The summed E-state index contributed by atoms with van der Waals surface area (Å²) < 4.78 is 23.3. The number of para-hydroxylation sites is 1. The zero-order valence-corrected chi connectivity index (χ0v) is 13.4. The van der Waals surface area contributed by atoms with Crippen molar-refractivity contribution in [3.63, 3.8) is 0 Å². The van der Waals surface area contributed by atoms with E-state index in [0.29, 0.717) is 13.0 Å². The number of amides is 1. The van der Waals surface area contributed by atoms with Crippen LogP contribution in [0, 0.1) is 5.92 Å². The molecular formula is C16H22N2O3S. The minimum Gasteiger partial charge on any atom is -0.326 e. The van der Waals surface area contributed by atoms with Crippen molar-refractivity contribution in [3.05, 3.63) is 30.3 Å². The van der Waals surface area contributed by atoms with E-state index in [-0.39, 0.29) is 29.4 Å². The largest absolute Gasteiger partial charge is 0.326 e. The van der Waals surface area contributed by atoms with Gasteiger partial charge < -0.3 is 5.32 Å². The van der Waals surface area contributed by atoms with Gasteiger partial charge in [-0.2, -0.15) is 0 Å². The van der Waals surface area contributed by atoms with Crippen LogP contribution in [0.25, 0.3) is 0 Å². The van der Waals surface area contributed by atoms with E-state index in [1.54, 1.807) is 0 Å². The Morgan fingerprint density at radius 3 is 2.64 bits per heavy atom. The molecule has 22 heavy (non-hydrogen) atoms. The minimum atomic E-state index is -2.87. The first-order valence-corrected chi connectivity index (χ1v) is 9.66. The number of carbonyl (C=O) groups is 1. The second-order valence-corrected chi connectivity index (χ2v) is 8.47. The molecule has 0 aliphatic carbocycles. The number of likely N-dealkylation sites (tertiary alicyclic amines) is 1. The lowest BCUT2D eigenvalue weighted by Gasteiger charge is -2.35. The summed E-state index contributed by atoms with van der Waals surface area (Å²) in [6.07, 6.45) is 2.52. The molecule has 1 aromatic carbocycles. The first-order valence-electron chi connectivity index (χ1n) is 7.84. The molecule has 2 aliphatic rings. The molecule has 0 bridgehead atoms. The summed E-state index contributed by atoms with van der Waals surface area (Å²) in [4.78, 5) is 14.6. The molecule has 2 heterocycles. The zero-order chi connectivity index (χ0) is 15.6. The number of nitrogens with zero attached hydrogens (tertiary/aromatic N) is 1. The summed E-state index contributed by atoms with van der Waals surface area (Å²) in [6.45, 7) is 1.56. The number of piperidine rings is 1. The monoisotopic (exact) mass is 322 g/mol. The molecule has 2 atom stereocenters. The molecule has 2 saturated heterocycles. The number of sulfone groups is 1. The van der Waals surface area contributed by atoms with Crippen LogP contribution in [0.15, 0.2) is 30.3 Å². The molecule has 1 amide bonds. The molecule has 6 heteroatoms. The van der Waals surface area contributed by atoms with Crippen LogP contribution in [-0.4, -0.2) is 49.9 Å². The number of carbonyl (C=O) groups excluding carboxylic acids is 1. The summed E-state index contributed by atoms with van der Waals surface area (Å²) in [7, 11) is -2.87. The first kappa shape index (κ1) is 15.5. The van der Waals surface area contributed by atoms with Crippen LogP contribution in [0.1, 0.15) is 19.3 Å². The van der Waals surface area contributed by atoms with Gasteiger partial charge in [0.1, 0.15) is 0 Å². The quantitative estimate of drug-likeness (QED) is 0.916. The predicted molar refractivity (Wildman–Crippen MR) is 86.4 cm³/mol. The van der Waals surface area contributed by atoms with Gasteiger partial charge in [0.2, 0.25) is 5.91 Å². The molecule has 0 spiro atoms. The van der Waals surface area contributed by atoms with Gasteiger partial charge in [0, 0.05) is 18.3 Å². The summed E-state index contributed by atoms with van der Waals surface area (Å²) in [5.41, 5.74) is 0.813. The van der Waals surface area contributed by atoms with Crippen molar-refractivity contribution in [1.29, 1.82) is 0 Å². The normalized spacial score (nSPS) is 28.4. The third-order valence-corrected chi connectivity index (χ3v) is 6.34. The number of hydrogen-bond donors (Lipinski definition) is 1. The van der Waals surface area contributed by atoms with Crippen molar-refractivity contribution in [2.75, 3.05) is 29.9 Å². The highest BCUT2D eigenvalue weighted by atomic mass is 32.2.